The van der Waals surface area contributed by atoms with Gasteiger partial charge >= 0.3 is 0 Å². The van der Waals surface area contributed by atoms with Gasteiger partial charge in [0.2, 0.25) is 0 Å². The fraction of sp³-hybridized carbons (Fsp3) is 0.0952. The highest BCUT2D eigenvalue weighted by atomic mass is 16.1. The normalized spacial score (nSPS) is 11.4. The van der Waals surface area contributed by atoms with Crippen LogP contribution in [-0.4, -0.2) is 4.57 Å². The minimum absolute atomic E-state index is 0.0426. The average molecular weight is 301 g/mol. The van der Waals surface area contributed by atoms with Crippen LogP contribution in [0.4, 0.5) is 0 Å². The molecule has 2 aromatic carbocycles. The summed E-state index contributed by atoms with van der Waals surface area (Å²) in [4.78, 5) is 12.7. The van der Waals surface area contributed by atoms with Gasteiger partial charge in [0, 0.05) is 11.8 Å². The fourth-order valence-electron chi connectivity index (χ4n) is 2.62. The van der Waals surface area contributed by atoms with Crippen LogP contribution >= 0.6 is 0 Å². The molecule has 0 atom stereocenters. The molecule has 114 valence electrons. The summed E-state index contributed by atoms with van der Waals surface area (Å²) in [7, 11) is 0. The summed E-state index contributed by atoms with van der Waals surface area (Å²) in [6.07, 6.45) is 3.89. The summed E-state index contributed by atoms with van der Waals surface area (Å²) in [5.74, 6) is 0. The van der Waals surface area contributed by atoms with Crippen LogP contribution in [0.15, 0.2) is 83.8 Å². The SMILES string of the molecule is CC(=Cc1ccccc1)c1cccn(Cc2ccccc2)c1=O. The molecule has 0 N–H and O–H groups in total. The van der Waals surface area contributed by atoms with Gasteiger partial charge in [-0.2, -0.15) is 0 Å². The van der Waals surface area contributed by atoms with Gasteiger partial charge in [-0.1, -0.05) is 66.7 Å². The molecule has 3 aromatic rings. The molecule has 0 saturated heterocycles. The molecule has 1 aromatic heterocycles. The van der Waals surface area contributed by atoms with Gasteiger partial charge < -0.3 is 4.57 Å². The molecule has 0 spiro atoms. The van der Waals surface area contributed by atoms with Gasteiger partial charge in [0.1, 0.15) is 0 Å². The Balaban J connectivity index is 1.94. The standard InChI is InChI=1S/C21H19NO/c1-17(15-18-9-4-2-5-10-18)20-13-8-14-22(21(20)23)16-19-11-6-3-7-12-19/h2-15H,16H2,1H3. The van der Waals surface area contributed by atoms with E-state index in [4.69, 9.17) is 0 Å². The molecule has 0 saturated carbocycles. The number of hydrogen-bond acceptors (Lipinski definition) is 1. The second-order valence-corrected chi connectivity index (χ2v) is 5.58. The predicted octanol–water partition coefficient (Wildman–Crippen LogP) is 4.46. The van der Waals surface area contributed by atoms with Gasteiger partial charge in [-0.15, -0.1) is 0 Å². The number of aromatic nitrogens is 1. The first-order valence-electron chi connectivity index (χ1n) is 7.71. The van der Waals surface area contributed by atoms with E-state index in [-0.39, 0.29) is 5.56 Å². The number of nitrogens with zero attached hydrogens (tertiary/aromatic N) is 1. The monoisotopic (exact) mass is 301 g/mol. The zero-order valence-electron chi connectivity index (χ0n) is 13.1. The maximum atomic E-state index is 12.7. The molecule has 0 aliphatic rings. The third kappa shape index (κ3) is 3.67. The molecule has 0 radical (unpaired) electrons. The van der Waals surface area contributed by atoms with Crippen LogP contribution < -0.4 is 5.56 Å². The largest absolute Gasteiger partial charge is 0.311 e. The molecule has 0 unspecified atom stereocenters. The van der Waals surface area contributed by atoms with Crippen molar-refractivity contribution in [3.63, 3.8) is 0 Å². The van der Waals surface area contributed by atoms with E-state index in [1.54, 1.807) is 4.57 Å². The van der Waals surface area contributed by atoms with E-state index in [1.165, 1.54) is 0 Å². The van der Waals surface area contributed by atoms with E-state index < -0.39 is 0 Å². The number of rotatable bonds is 4. The maximum Gasteiger partial charge on any atom is 0.258 e. The lowest BCUT2D eigenvalue weighted by atomic mass is 10.1. The average Bonchev–Trinajstić information content (AvgIpc) is 2.58. The number of benzene rings is 2. The molecule has 2 heteroatoms. The molecule has 0 aliphatic heterocycles. The van der Waals surface area contributed by atoms with Crippen molar-refractivity contribution in [2.75, 3.05) is 0 Å². The van der Waals surface area contributed by atoms with Crippen molar-refractivity contribution >= 4 is 11.6 Å². The van der Waals surface area contributed by atoms with Crippen LogP contribution in [0, 0.1) is 0 Å². The molecule has 3 rings (SSSR count). The lowest BCUT2D eigenvalue weighted by Gasteiger charge is -2.09. The lowest BCUT2D eigenvalue weighted by molar-refractivity contribution is 0.757. The second-order valence-electron chi connectivity index (χ2n) is 5.58. The first-order chi connectivity index (χ1) is 11.2. The summed E-state index contributed by atoms with van der Waals surface area (Å²) < 4.78 is 1.76. The van der Waals surface area contributed by atoms with E-state index in [2.05, 4.69) is 0 Å². The lowest BCUT2D eigenvalue weighted by Crippen LogP contribution is -2.22. The zero-order chi connectivity index (χ0) is 16.1. The van der Waals surface area contributed by atoms with Gasteiger partial charge in [-0.25, -0.2) is 0 Å². The molecule has 2 nitrogen and oxygen atoms in total. The minimum Gasteiger partial charge on any atom is -0.311 e. The van der Waals surface area contributed by atoms with Crippen LogP contribution in [0.25, 0.3) is 11.6 Å². The molecular weight excluding hydrogens is 282 g/mol. The molecule has 0 amide bonds. The van der Waals surface area contributed by atoms with Crippen LogP contribution in [0.3, 0.4) is 0 Å². The quantitative estimate of drug-likeness (QED) is 0.697. The van der Waals surface area contributed by atoms with Gasteiger partial charge in [-0.05, 0) is 35.8 Å². The third-order valence-corrected chi connectivity index (χ3v) is 3.82. The van der Waals surface area contributed by atoms with E-state index in [0.717, 1.165) is 22.3 Å². The van der Waals surface area contributed by atoms with Gasteiger partial charge in [0.15, 0.2) is 0 Å². The second kappa shape index (κ2) is 6.93. The Bertz CT molecular complexity index is 861. The topological polar surface area (TPSA) is 22.0 Å². The van der Waals surface area contributed by atoms with E-state index in [1.807, 2.05) is 92.0 Å². The first kappa shape index (κ1) is 15.0. The zero-order valence-corrected chi connectivity index (χ0v) is 13.1. The Kier molecular flexibility index (Phi) is 4.53. The summed E-state index contributed by atoms with van der Waals surface area (Å²) in [5, 5.41) is 0. The predicted molar refractivity (Wildman–Crippen MR) is 96.2 cm³/mol. The molecule has 0 aliphatic carbocycles. The first-order valence-corrected chi connectivity index (χ1v) is 7.71. The molecule has 23 heavy (non-hydrogen) atoms. The maximum absolute atomic E-state index is 12.7. The van der Waals surface area contributed by atoms with Crippen LogP contribution in [0.2, 0.25) is 0 Å². The number of pyridine rings is 1. The number of allylic oxidation sites excluding steroid dienone is 1. The van der Waals surface area contributed by atoms with Gasteiger partial charge in [-0.3, -0.25) is 4.79 Å². The molecule has 0 bridgehead atoms. The van der Waals surface area contributed by atoms with E-state index in [9.17, 15) is 4.79 Å². The van der Waals surface area contributed by atoms with Crippen molar-refractivity contribution in [3.8, 4) is 0 Å². The van der Waals surface area contributed by atoms with Crippen molar-refractivity contribution in [2.45, 2.75) is 13.5 Å². The van der Waals surface area contributed by atoms with E-state index in [0.29, 0.717) is 6.54 Å². The highest BCUT2D eigenvalue weighted by Crippen LogP contribution is 2.14. The van der Waals surface area contributed by atoms with Crippen molar-refractivity contribution in [1.29, 1.82) is 0 Å². The minimum atomic E-state index is 0.0426. The Labute approximate surface area is 136 Å². The highest BCUT2D eigenvalue weighted by Gasteiger charge is 2.05. The Hall–Kier alpha value is -2.87. The van der Waals surface area contributed by atoms with Crippen molar-refractivity contribution < 1.29 is 0 Å². The summed E-state index contributed by atoms with van der Waals surface area (Å²) >= 11 is 0. The van der Waals surface area contributed by atoms with Crippen LogP contribution in [0.5, 0.6) is 0 Å². The summed E-state index contributed by atoms with van der Waals surface area (Å²) in [6, 6.07) is 23.9. The summed E-state index contributed by atoms with van der Waals surface area (Å²) in [5.41, 5.74) is 3.98. The third-order valence-electron chi connectivity index (χ3n) is 3.82. The fourth-order valence-corrected chi connectivity index (χ4v) is 2.62. The molecule has 1 heterocycles. The van der Waals surface area contributed by atoms with Gasteiger partial charge in [0.05, 0.1) is 6.54 Å². The Morgan fingerprint density at radius 2 is 1.57 bits per heavy atom. The van der Waals surface area contributed by atoms with Crippen LogP contribution in [0.1, 0.15) is 23.6 Å². The summed E-state index contributed by atoms with van der Waals surface area (Å²) in [6.45, 7) is 2.57. The van der Waals surface area contributed by atoms with Gasteiger partial charge in [0.25, 0.3) is 5.56 Å². The Morgan fingerprint density at radius 3 is 2.26 bits per heavy atom. The highest BCUT2D eigenvalue weighted by molar-refractivity contribution is 5.79. The molecule has 0 fully saturated rings. The van der Waals surface area contributed by atoms with Crippen molar-refractivity contribution in [2.24, 2.45) is 0 Å². The smallest absolute Gasteiger partial charge is 0.258 e. The van der Waals surface area contributed by atoms with Crippen LogP contribution in [-0.2, 0) is 6.54 Å². The van der Waals surface area contributed by atoms with Crippen molar-refractivity contribution in [1.82, 2.24) is 4.57 Å². The molecular formula is C21H19NO. The van der Waals surface area contributed by atoms with Crippen molar-refractivity contribution in [3.05, 3.63) is 106 Å². The number of hydrogen-bond donors (Lipinski definition) is 0. The van der Waals surface area contributed by atoms with E-state index >= 15 is 0 Å². The Morgan fingerprint density at radius 1 is 0.913 bits per heavy atom.